The second-order valence-electron chi connectivity index (χ2n) is 3.80. The smallest absolute Gasteiger partial charge is 0.332 e. The summed E-state index contributed by atoms with van der Waals surface area (Å²) in [5, 5.41) is 11.1. The molecule has 0 saturated heterocycles. The van der Waals surface area contributed by atoms with Crippen molar-refractivity contribution in [3.63, 3.8) is 0 Å². The van der Waals surface area contributed by atoms with Gasteiger partial charge in [-0.2, -0.15) is 0 Å². The van der Waals surface area contributed by atoms with Gasteiger partial charge >= 0.3 is 5.97 Å². The van der Waals surface area contributed by atoms with Crippen molar-refractivity contribution >= 4 is 11.9 Å². The summed E-state index contributed by atoms with van der Waals surface area (Å²) in [7, 11) is 0. The molecule has 0 unspecified atom stereocenters. The SMILES string of the molecule is C[C@@H](OCC(=O)NCCOc1ccccc1)C(=O)O. The van der Waals surface area contributed by atoms with Crippen LogP contribution in [0.2, 0.25) is 0 Å². The molecule has 6 nitrogen and oxygen atoms in total. The third-order valence-electron chi connectivity index (χ3n) is 2.25. The molecule has 1 amide bonds. The molecule has 2 N–H and O–H groups in total. The van der Waals surface area contributed by atoms with Gasteiger partial charge in [0, 0.05) is 0 Å². The number of carboxylic acid groups (broad SMARTS) is 1. The molecule has 0 saturated carbocycles. The number of para-hydroxylation sites is 1. The molecule has 0 radical (unpaired) electrons. The minimum Gasteiger partial charge on any atom is -0.492 e. The van der Waals surface area contributed by atoms with Crippen molar-refractivity contribution in [2.45, 2.75) is 13.0 Å². The van der Waals surface area contributed by atoms with Gasteiger partial charge < -0.3 is 19.9 Å². The average molecular weight is 267 g/mol. The molecular weight excluding hydrogens is 250 g/mol. The molecule has 6 heteroatoms. The lowest BCUT2D eigenvalue weighted by molar-refractivity contribution is -0.150. The van der Waals surface area contributed by atoms with E-state index in [1.54, 1.807) is 0 Å². The van der Waals surface area contributed by atoms with Crippen LogP contribution in [-0.2, 0) is 14.3 Å². The number of carboxylic acids is 1. The molecule has 0 aromatic heterocycles. The van der Waals surface area contributed by atoms with Crippen molar-refractivity contribution in [2.75, 3.05) is 19.8 Å². The first-order valence-corrected chi connectivity index (χ1v) is 5.88. The van der Waals surface area contributed by atoms with Crippen LogP contribution in [0, 0.1) is 0 Å². The van der Waals surface area contributed by atoms with Crippen molar-refractivity contribution in [3.8, 4) is 5.75 Å². The third-order valence-corrected chi connectivity index (χ3v) is 2.25. The predicted molar refractivity (Wildman–Crippen MR) is 68.0 cm³/mol. The van der Waals surface area contributed by atoms with Crippen molar-refractivity contribution in [2.24, 2.45) is 0 Å². The molecule has 1 atom stereocenters. The number of hydrogen-bond acceptors (Lipinski definition) is 4. The Labute approximate surface area is 111 Å². The van der Waals surface area contributed by atoms with E-state index in [4.69, 9.17) is 14.6 Å². The van der Waals surface area contributed by atoms with Crippen LogP contribution in [0.3, 0.4) is 0 Å². The maximum absolute atomic E-state index is 11.3. The van der Waals surface area contributed by atoms with E-state index in [0.29, 0.717) is 13.2 Å². The molecule has 1 rings (SSSR count). The molecular formula is C13H17NO5. The molecule has 0 aliphatic carbocycles. The zero-order chi connectivity index (χ0) is 14.1. The van der Waals surface area contributed by atoms with Gasteiger partial charge in [0.15, 0.2) is 6.10 Å². The van der Waals surface area contributed by atoms with Crippen LogP contribution in [0.1, 0.15) is 6.92 Å². The number of carbonyl (C=O) groups excluding carboxylic acids is 1. The number of hydrogen-bond donors (Lipinski definition) is 2. The molecule has 0 aliphatic heterocycles. The second kappa shape index (κ2) is 8.10. The summed E-state index contributed by atoms with van der Waals surface area (Å²) < 4.78 is 10.2. The fourth-order valence-electron chi connectivity index (χ4n) is 1.20. The fraction of sp³-hybridized carbons (Fsp3) is 0.385. The molecule has 0 bridgehead atoms. The summed E-state index contributed by atoms with van der Waals surface area (Å²) in [4.78, 5) is 21.7. The minimum atomic E-state index is -1.10. The lowest BCUT2D eigenvalue weighted by Gasteiger charge is -2.09. The Morgan fingerprint density at radius 1 is 1.32 bits per heavy atom. The minimum absolute atomic E-state index is 0.279. The second-order valence-corrected chi connectivity index (χ2v) is 3.80. The molecule has 104 valence electrons. The topological polar surface area (TPSA) is 84.9 Å². The van der Waals surface area contributed by atoms with E-state index in [0.717, 1.165) is 5.75 Å². The highest BCUT2D eigenvalue weighted by atomic mass is 16.5. The fourth-order valence-corrected chi connectivity index (χ4v) is 1.20. The van der Waals surface area contributed by atoms with Crippen molar-refractivity contribution in [3.05, 3.63) is 30.3 Å². The summed E-state index contributed by atoms with van der Waals surface area (Å²) in [5.41, 5.74) is 0. The maximum atomic E-state index is 11.3. The monoisotopic (exact) mass is 267 g/mol. The standard InChI is InChI=1S/C13H17NO5/c1-10(13(16)17)19-9-12(15)14-7-8-18-11-5-3-2-4-6-11/h2-6,10H,7-9H2,1H3,(H,14,15)(H,16,17)/t10-/m1/s1. The van der Waals surface area contributed by atoms with Crippen LogP contribution in [0.25, 0.3) is 0 Å². The summed E-state index contributed by atoms with van der Waals surface area (Å²) in [5.74, 6) is -0.738. The third kappa shape index (κ3) is 6.42. The zero-order valence-corrected chi connectivity index (χ0v) is 10.7. The highest BCUT2D eigenvalue weighted by molar-refractivity contribution is 5.78. The van der Waals surface area contributed by atoms with Gasteiger partial charge in [0.2, 0.25) is 5.91 Å². The summed E-state index contributed by atoms with van der Waals surface area (Å²) >= 11 is 0. The summed E-state index contributed by atoms with van der Waals surface area (Å²) in [6.45, 7) is 1.76. The number of ether oxygens (including phenoxy) is 2. The number of benzene rings is 1. The van der Waals surface area contributed by atoms with Crippen LogP contribution in [0.4, 0.5) is 0 Å². The van der Waals surface area contributed by atoms with Gasteiger partial charge in [0.25, 0.3) is 0 Å². The van der Waals surface area contributed by atoms with Gasteiger partial charge in [-0.3, -0.25) is 4.79 Å². The highest BCUT2D eigenvalue weighted by Crippen LogP contribution is 2.07. The van der Waals surface area contributed by atoms with Crippen molar-refractivity contribution in [1.82, 2.24) is 5.32 Å². The van der Waals surface area contributed by atoms with E-state index in [-0.39, 0.29) is 12.5 Å². The molecule has 0 spiro atoms. The summed E-state index contributed by atoms with van der Waals surface area (Å²) in [6.07, 6.45) is -0.994. The van der Waals surface area contributed by atoms with Crippen LogP contribution in [0.5, 0.6) is 5.75 Å². The van der Waals surface area contributed by atoms with E-state index < -0.39 is 12.1 Å². The predicted octanol–water partition coefficient (Wildman–Crippen LogP) is 0.671. The van der Waals surface area contributed by atoms with Crippen LogP contribution >= 0.6 is 0 Å². The van der Waals surface area contributed by atoms with Gasteiger partial charge in [-0.1, -0.05) is 18.2 Å². The normalized spacial score (nSPS) is 11.6. The van der Waals surface area contributed by atoms with E-state index in [1.165, 1.54) is 6.92 Å². The first kappa shape index (κ1) is 15.0. The lowest BCUT2D eigenvalue weighted by Crippen LogP contribution is -2.33. The lowest BCUT2D eigenvalue weighted by atomic mass is 10.3. The largest absolute Gasteiger partial charge is 0.492 e. The Morgan fingerprint density at radius 2 is 2.00 bits per heavy atom. The Balaban J connectivity index is 2.09. The van der Waals surface area contributed by atoms with E-state index in [2.05, 4.69) is 5.32 Å². The Kier molecular flexibility index (Phi) is 6.38. The summed E-state index contributed by atoms with van der Waals surface area (Å²) in [6, 6.07) is 9.23. The Morgan fingerprint density at radius 3 is 2.63 bits per heavy atom. The van der Waals surface area contributed by atoms with Gasteiger partial charge in [-0.05, 0) is 19.1 Å². The highest BCUT2D eigenvalue weighted by Gasteiger charge is 2.12. The number of nitrogens with one attached hydrogen (secondary N) is 1. The van der Waals surface area contributed by atoms with Crippen molar-refractivity contribution < 1.29 is 24.2 Å². The van der Waals surface area contributed by atoms with Crippen LogP contribution in [-0.4, -0.2) is 42.8 Å². The Bertz CT molecular complexity index is 407. The molecule has 1 aromatic carbocycles. The first-order chi connectivity index (χ1) is 9.09. The molecule has 0 aliphatic rings. The average Bonchev–Trinajstić information content (AvgIpc) is 2.42. The first-order valence-electron chi connectivity index (χ1n) is 5.88. The van der Waals surface area contributed by atoms with Crippen LogP contribution < -0.4 is 10.1 Å². The van der Waals surface area contributed by atoms with E-state index >= 15 is 0 Å². The van der Waals surface area contributed by atoms with Gasteiger partial charge in [-0.25, -0.2) is 4.79 Å². The Hall–Kier alpha value is -2.08. The zero-order valence-electron chi connectivity index (χ0n) is 10.7. The van der Waals surface area contributed by atoms with E-state index in [9.17, 15) is 9.59 Å². The van der Waals surface area contributed by atoms with Gasteiger partial charge in [0.1, 0.15) is 19.0 Å². The molecule has 19 heavy (non-hydrogen) atoms. The number of amides is 1. The van der Waals surface area contributed by atoms with E-state index in [1.807, 2.05) is 30.3 Å². The number of aliphatic carboxylic acids is 1. The molecule has 0 heterocycles. The van der Waals surface area contributed by atoms with Gasteiger partial charge in [0.05, 0.1) is 6.54 Å². The molecule has 1 aromatic rings. The number of rotatable bonds is 8. The quantitative estimate of drug-likeness (QED) is 0.676. The van der Waals surface area contributed by atoms with Crippen LogP contribution in [0.15, 0.2) is 30.3 Å². The maximum Gasteiger partial charge on any atom is 0.332 e. The van der Waals surface area contributed by atoms with Gasteiger partial charge in [-0.15, -0.1) is 0 Å². The van der Waals surface area contributed by atoms with Crippen molar-refractivity contribution in [1.29, 1.82) is 0 Å². The molecule has 0 fully saturated rings. The number of carbonyl (C=O) groups is 2.